The molecule has 7 nitrogen and oxygen atoms in total. The number of aromatic amines is 1. The van der Waals surface area contributed by atoms with Crippen LogP contribution in [0.5, 0.6) is 0 Å². The van der Waals surface area contributed by atoms with Crippen LogP contribution in [0.25, 0.3) is 28.2 Å². The minimum atomic E-state index is -0.0825. The van der Waals surface area contributed by atoms with Crippen LogP contribution >= 0.6 is 0 Å². The number of benzene rings is 3. The Morgan fingerprint density at radius 1 is 0.897 bits per heavy atom. The zero-order valence-corrected chi connectivity index (χ0v) is 23.4. The van der Waals surface area contributed by atoms with Crippen molar-refractivity contribution in [3.05, 3.63) is 106 Å². The predicted molar refractivity (Wildman–Crippen MR) is 156 cm³/mol. The van der Waals surface area contributed by atoms with Gasteiger partial charge >= 0.3 is 5.69 Å². The summed E-state index contributed by atoms with van der Waals surface area (Å²) in [5.74, 6) is 0.633. The van der Waals surface area contributed by atoms with Crippen LogP contribution in [0, 0.1) is 0 Å². The lowest BCUT2D eigenvalue weighted by Crippen LogP contribution is -2.27. The van der Waals surface area contributed by atoms with Crippen molar-refractivity contribution in [2.24, 2.45) is 0 Å². The number of rotatable bonds is 8. The minimum absolute atomic E-state index is 0.0112. The molecule has 39 heavy (non-hydrogen) atoms. The van der Waals surface area contributed by atoms with Gasteiger partial charge in [-0.1, -0.05) is 108 Å². The second-order valence-electron chi connectivity index (χ2n) is 11.0. The highest BCUT2D eigenvalue weighted by atomic mass is 16.1. The summed E-state index contributed by atoms with van der Waals surface area (Å²) in [6.07, 6.45) is 4.74. The SMILES string of the molecule is CCCc1cn(-c2c(CC)cccc2C(C)(C)C)c(=O)n1Cc1ccc(-c2ccccc2-c2nnn[nH]2)cc1. The van der Waals surface area contributed by atoms with Crippen molar-refractivity contribution >= 4 is 0 Å². The number of hydrogen-bond donors (Lipinski definition) is 1. The smallest absolute Gasteiger partial charge is 0.292 e. The lowest BCUT2D eigenvalue weighted by atomic mass is 9.84. The van der Waals surface area contributed by atoms with Crippen molar-refractivity contribution in [1.29, 1.82) is 0 Å². The van der Waals surface area contributed by atoms with E-state index in [9.17, 15) is 4.79 Å². The molecule has 0 amide bonds. The van der Waals surface area contributed by atoms with E-state index in [4.69, 9.17) is 0 Å². The highest BCUT2D eigenvalue weighted by molar-refractivity contribution is 5.80. The monoisotopic (exact) mass is 520 g/mol. The molecule has 0 aliphatic carbocycles. The molecule has 200 valence electrons. The van der Waals surface area contributed by atoms with Crippen molar-refractivity contribution in [3.8, 4) is 28.2 Å². The van der Waals surface area contributed by atoms with E-state index in [1.54, 1.807) is 0 Å². The van der Waals surface area contributed by atoms with E-state index in [2.05, 4.69) is 110 Å². The minimum Gasteiger partial charge on any atom is -0.292 e. The fraction of sp³-hybridized carbons (Fsp3) is 0.312. The van der Waals surface area contributed by atoms with Crippen molar-refractivity contribution in [2.45, 2.75) is 65.8 Å². The zero-order valence-electron chi connectivity index (χ0n) is 23.4. The Hall–Kier alpha value is -4.26. The van der Waals surface area contributed by atoms with E-state index in [0.717, 1.165) is 52.9 Å². The van der Waals surface area contributed by atoms with Gasteiger partial charge in [-0.15, -0.1) is 5.10 Å². The number of imidazole rings is 1. The summed E-state index contributed by atoms with van der Waals surface area (Å²) in [6.45, 7) is 11.5. The average molecular weight is 521 g/mol. The standard InChI is InChI=1S/C32H36N6O/c1-6-11-25-21-38(29-23(7-2)12-10-15-28(29)32(3,4)5)31(39)37(25)20-22-16-18-24(19-17-22)26-13-8-9-14-27(26)30-33-35-36-34-30/h8-10,12-19,21H,6-7,11,20H2,1-5H3,(H,33,34,35,36). The van der Waals surface area contributed by atoms with Crippen LogP contribution in [0.15, 0.2) is 77.7 Å². The highest BCUT2D eigenvalue weighted by Gasteiger charge is 2.23. The topological polar surface area (TPSA) is 81.4 Å². The lowest BCUT2D eigenvalue weighted by Gasteiger charge is -2.25. The van der Waals surface area contributed by atoms with E-state index in [1.165, 1.54) is 11.1 Å². The third-order valence-corrected chi connectivity index (χ3v) is 7.25. The van der Waals surface area contributed by atoms with Gasteiger partial charge in [0.2, 0.25) is 0 Å². The molecule has 0 saturated heterocycles. The molecule has 1 N–H and O–H groups in total. The van der Waals surface area contributed by atoms with Gasteiger partial charge in [0.1, 0.15) is 0 Å². The Labute approximate surface area is 229 Å². The normalized spacial score (nSPS) is 11.7. The summed E-state index contributed by atoms with van der Waals surface area (Å²) in [4.78, 5) is 14.0. The van der Waals surface area contributed by atoms with Crippen molar-refractivity contribution in [3.63, 3.8) is 0 Å². The zero-order chi connectivity index (χ0) is 27.6. The first kappa shape index (κ1) is 26.4. The molecule has 2 aromatic heterocycles. The molecule has 5 aromatic rings. The maximum Gasteiger partial charge on any atom is 0.333 e. The maximum atomic E-state index is 14.0. The molecule has 3 aromatic carbocycles. The third kappa shape index (κ3) is 5.21. The summed E-state index contributed by atoms with van der Waals surface area (Å²) in [6, 6.07) is 22.9. The van der Waals surface area contributed by atoms with E-state index in [0.29, 0.717) is 12.4 Å². The molecule has 2 heterocycles. The van der Waals surface area contributed by atoms with Crippen LogP contribution in [-0.2, 0) is 24.8 Å². The fourth-order valence-electron chi connectivity index (χ4n) is 5.27. The van der Waals surface area contributed by atoms with Gasteiger partial charge in [0, 0.05) is 17.5 Å². The van der Waals surface area contributed by atoms with Crippen molar-refractivity contribution < 1.29 is 0 Å². The number of tetrazole rings is 1. The summed E-state index contributed by atoms with van der Waals surface area (Å²) >= 11 is 0. The summed E-state index contributed by atoms with van der Waals surface area (Å²) < 4.78 is 3.83. The van der Waals surface area contributed by atoms with Gasteiger partial charge in [-0.3, -0.25) is 9.13 Å². The molecule has 0 atom stereocenters. The molecular weight excluding hydrogens is 484 g/mol. The van der Waals surface area contributed by atoms with E-state index >= 15 is 0 Å². The molecule has 0 unspecified atom stereocenters. The number of aryl methyl sites for hydroxylation is 2. The molecule has 0 radical (unpaired) electrons. The van der Waals surface area contributed by atoms with E-state index in [1.807, 2.05) is 27.3 Å². The number of H-pyrrole nitrogens is 1. The highest BCUT2D eigenvalue weighted by Crippen LogP contribution is 2.32. The van der Waals surface area contributed by atoms with Gasteiger partial charge < -0.3 is 0 Å². The number of hydrogen-bond acceptors (Lipinski definition) is 4. The van der Waals surface area contributed by atoms with Crippen LogP contribution in [0.2, 0.25) is 0 Å². The maximum absolute atomic E-state index is 14.0. The largest absolute Gasteiger partial charge is 0.333 e. The number of nitrogens with one attached hydrogen (secondary N) is 1. The lowest BCUT2D eigenvalue weighted by molar-refractivity contribution is 0.583. The molecule has 0 aliphatic heterocycles. The summed E-state index contributed by atoms with van der Waals surface area (Å²) in [5.41, 5.74) is 8.53. The molecule has 0 bridgehead atoms. The summed E-state index contributed by atoms with van der Waals surface area (Å²) in [5, 5.41) is 14.4. The Balaban J connectivity index is 1.53. The number of para-hydroxylation sites is 1. The van der Waals surface area contributed by atoms with Gasteiger partial charge in [0.15, 0.2) is 5.82 Å². The number of aromatic nitrogens is 6. The van der Waals surface area contributed by atoms with Crippen LogP contribution in [-0.4, -0.2) is 29.8 Å². The molecule has 0 saturated carbocycles. The molecule has 7 heteroatoms. The summed E-state index contributed by atoms with van der Waals surface area (Å²) in [7, 11) is 0. The fourth-order valence-corrected chi connectivity index (χ4v) is 5.27. The molecule has 0 spiro atoms. The van der Waals surface area contributed by atoms with Crippen LogP contribution in [0.3, 0.4) is 0 Å². The average Bonchev–Trinajstić information content (AvgIpc) is 3.58. The third-order valence-electron chi connectivity index (χ3n) is 7.25. The molecule has 0 fully saturated rings. The van der Waals surface area contributed by atoms with Crippen LogP contribution < -0.4 is 5.69 Å². The Kier molecular flexibility index (Phi) is 7.33. The van der Waals surface area contributed by atoms with Gasteiger partial charge in [0.25, 0.3) is 0 Å². The van der Waals surface area contributed by atoms with Crippen LogP contribution in [0.4, 0.5) is 0 Å². The predicted octanol–water partition coefficient (Wildman–Crippen LogP) is 6.35. The van der Waals surface area contributed by atoms with Gasteiger partial charge in [-0.05, 0) is 56.5 Å². The van der Waals surface area contributed by atoms with Gasteiger partial charge in [-0.25, -0.2) is 9.89 Å². The number of nitrogens with zero attached hydrogens (tertiary/aromatic N) is 5. The van der Waals surface area contributed by atoms with E-state index < -0.39 is 0 Å². The first-order chi connectivity index (χ1) is 18.8. The van der Waals surface area contributed by atoms with Crippen molar-refractivity contribution in [1.82, 2.24) is 29.8 Å². The molecule has 0 aliphatic rings. The first-order valence-corrected chi connectivity index (χ1v) is 13.7. The second kappa shape index (κ2) is 10.8. The molecule has 5 rings (SSSR count). The van der Waals surface area contributed by atoms with Gasteiger partial charge in [-0.2, -0.15) is 0 Å². The molecular formula is C32H36N6O. The Bertz CT molecular complexity index is 1620. The Morgan fingerprint density at radius 2 is 1.64 bits per heavy atom. The van der Waals surface area contributed by atoms with Gasteiger partial charge in [0.05, 0.1) is 12.2 Å². The van der Waals surface area contributed by atoms with Crippen LogP contribution in [0.1, 0.15) is 63.4 Å². The first-order valence-electron chi connectivity index (χ1n) is 13.7. The quantitative estimate of drug-likeness (QED) is 0.259. The van der Waals surface area contributed by atoms with Crippen molar-refractivity contribution in [2.75, 3.05) is 0 Å². The Morgan fingerprint density at radius 3 is 2.28 bits per heavy atom. The second-order valence-corrected chi connectivity index (χ2v) is 11.0. The van der Waals surface area contributed by atoms with E-state index in [-0.39, 0.29) is 11.1 Å².